The quantitative estimate of drug-likeness (QED) is 0.679. The van der Waals surface area contributed by atoms with Crippen LogP contribution in [-0.2, 0) is 0 Å². The first kappa shape index (κ1) is 14.1. The Labute approximate surface area is 134 Å². The van der Waals surface area contributed by atoms with Gasteiger partial charge in [-0.05, 0) is 29.8 Å². The van der Waals surface area contributed by atoms with Crippen LogP contribution in [0.15, 0.2) is 46.9 Å². The van der Waals surface area contributed by atoms with Gasteiger partial charge in [-0.25, -0.2) is 4.39 Å². The highest BCUT2D eigenvalue weighted by atomic mass is 79.9. The van der Waals surface area contributed by atoms with Crippen molar-refractivity contribution in [2.75, 3.05) is 5.73 Å². The minimum atomic E-state index is -0.296. The van der Waals surface area contributed by atoms with E-state index in [1.165, 1.54) is 12.1 Å². The Kier molecular flexibility index (Phi) is 3.69. The summed E-state index contributed by atoms with van der Waals surface area (Å²) in [6, 6.07) is 11.6. The molecule has 3 aromatic rings. The maximum Gasteiger partial charge on any atom is 0.153 e. The van der Waals surface area contributed by atoms with E-state index in [1.807, 2.05) is 6.07 Å². The Bertz CT molecular complexity index is 799. The number of hydrogen-bond acceptors (Lipinski definition) is 2. The number of aromatic nitrogens is 2. The average Bonchev–Trinajstić information content (AvgIpc) is 2.82. The number of rotatable bonds is 2. The minimum absolute atomic E-state index is 0.296. The van der Waals surface area contributed by atoms with Crippen molar-refractivity contribution in [2.24, 2.45) is 0 Å². The molecule has 21 heavy (non-hydrogen) atoms. The fraction of sp³-hybridized carbons (Fsp3) is 0. The predicted molar refractivity (Wildman–Crippen MR) is 86.5 cm³/mol. The third-order valence-corrected chi connectivity index (χ3v) is 4.02. The van der Waals surface area contributed by atoms with Crippen LogP contribution >= 0.6 is 27.5 Å². The molecule has 2 aromatic carbocycles. The molecule has 1 heterocycles. The van der Waals surface area contributed by atoms with Gasteiger partial charge in [0.05, 0.1) is 11.3 Å². The van der Waals surface area contributed by atoms with Crippen molar-refractivity contribution < 1.29 is 4.39 Å². The van der Waals surface area contributed by atoms with Gasteiger partial charge in [0, 0.05) is 15.1 Å². The van der Waals surface area contributed by atoms with Gasteiger partial charge in [0.25, 0.3) is 0 Å². The second-order valence-electron chi connectivity index (χ2n) is 4.49. The molecule has 0 fully saturated rings. The molecule has 106 valence electrons. The van der Waals surface area contributed by atoms with Crippen molar-refractivity contribution in [3.63, 3.8) is 0 Å². The van der Waals surface area contributed by atoms with Gasteiger partial charge < -0.3 is 5.73 Å². The third-order valence-electron chi connectivity index (χ3n) is 3.13. The number of benzene rings is 2. The molecule has 0 saturated heterocycles. The second kappa shape index (κ2) is 5.50. The maximum absolute atomic E-state index is 13.1. The Balaban J connectivity index is 2.19. The van der Waals surface area contributed by atoms with E-state index in [-0.39, 0.29) is 5.82 Å². The maximum atomic E-state index is 13.1. The zero-order valence-corrected chi connectivity index (χ0v) is 13.0. The standard InChI is InChI=1S/C15H10BrClFN3/c16-12-7-9(17)3-6-11(12)14-13(15(19)21-20-14)8-1-4-10(18)5-2-8/h1-7H,(H3,19,20,21). The summed E-state index contributed by atoms with van der Waals surface area (Å²) in [6.45, 7) is 0. The van der Waals surface area contributed by atoms with Crippen LogP contribution in [0, 0.1) is 5.82 Å². The third kappa shape index (κ3) is 2.66. The number of halogens is 3. The molecule has 0 radical (unpaired) electrons. The van der Waals surface area contributed by atoms with Crippen molar-refractivity contribution in [1.82, 2.24) is 10.2 Å². The van der Waals surface area contributed by atoms with Gasteiger partial charge in [0.1, 0.15) is 5.82 Å². The number of nitrogen functional groups attached to an aromatic ring is 1. The Morgan fingerprint density at radius 1 is 1.14 bits per heavy atom. The molecule has 1 aromatic heterocycles. The fourth-order valence-corrected chi connectivity index (χ4v) is 3.03. The average molecular weight is 367 g/mol. The topological polar surface area (TPSA) is 54.7 Å². The molecule has 0 amide bonds. The number of aromatic amines is 1. The lowest BCUT2D eigenvalue weighted by Gasteiger charge is -2.07. The fourth-order valence-electron chi connectivity index (χ4n) is 2.15. The van der Waals surface area contributed by atoms with E-state index in [0.29, 0.717) is 10.8 Å². The van der Waals surface area contributed by atoms with Gasteiger partial charge in [-0.1, -0.05) is 45.7 Å². The van der Waals surface area contributed by atoms with Gasteiger partial charge >= 0.3 is 0 Å². The monoisotopic (exact) mass is 365 g/mol. The highest BCUT2D eigenvalue weighted by Gasteiger charge is 2.16. The lowest BCUT2D eigenvalue weighted by molar-refractivity contribution is 0.628. The van der Waals surface area contributed by atoms with Crippen molar-refractivity contribution in [1.29, 1.82) is 0 Å². The molecule has 0 spiro atoms. The lowest BCUT2D eigenvalue weighted by atomic mass is 10.0. The van der Waals surface area contributed by atoms with E-state index < -0.39 is 0 Å². The lowest BCUT2D eigenvalue weighted by Crippen LogP contribution is -1.89. The summed E-state index contributed by atoms with van der Waals surface area (Å²) in [6.07, 6.45) is 0. The highest BCUT2D eigenvalue weighted by Crippen LogP contribution is 2.38. The number of nitrogens with zero attached hydrogens (tertiary/aromatic N) is 1. The van der Waals surface area contributed by atoms with E-state index in [4.69, 9.17) is 17.3 Å². The van der Waals surface area contributed by atoms with Crippen LogP contribution in [0.3, 0.4) is 0 Å². The van der Waals surface area contributed by atoms with Gasteiger partial charge in [0.2, 0.25) is 0 Å². The Hall–Kier alpha value is -1.85. The summed E-state index contributed by atoms with van der Waals surface area (Å²) in [7, 11) is 0. The molecular weight excluding hydrogens is 357 g/mol. The van der Waals surface area contributed by atoms with Crippen molar-refractivity contribution in [3.8, 4) is 22.4 Å². The Morgan fingerprint density at radius 3 is 2.52 bits per heavy atom. The zero-order valence-electron chi connectivity index (χ0n) is 10.7. The normalized spacial score (nSPS) is 10.8. The van der Waals surface area contributed by atoms with Gasteiger partial charge in [-0.3, -0.25) is 5.10 Å². The van der Waals surface area contributed by atoms with E-state index in [0.717, 1.165) is 26.9 Å². The number of nitrogens with one attached hydrogen (secondary N) is 1. The van der Waals surface area contributed by atoms with Crippen molar-refractivity contribution in [3.05, 3.63) is 57.8 Å². The van der Waals surface area contributed by atoms with Crippen LogP contribution in [-0.4, -0.2) is 10.2 Å². The molecule has 6 heteroatoms. The molecule has 0 bridgehead atoms. The van der Waals surface area contributed by atoms with E-state index >= 15 is 0 Å². The smallest absolute Gasteiger partial charge is 0.153 e. The summed E-state index contributed by atoms with van der Waals surface area (Å²) in [5.41, 5.74) is 9.11. The van der Waals surface area contributed by atoms with E-state index in [9.17, 15) is 4.39 Å². The first-order valence-corrected chi connectivity index (χ1v) is 7.28. The molecule has 3 rings (SSSR count). The molecule has 0 aliphatic heterocycles. The van der Waals surface area contributed by atoms with E-state index in [1.54, 1.807) is 24.3 Å². The zero-order chi connectivity index (χ0) is 15.0. The second-order valence-corrected chi connectivity index (χ2v) is 5.78. The van der Waals surface area contributed by atoms with Crippen LogP contribution in [0.4, 0.5) is 10.2 Å². The summed E-state index contributed by atoms with van der Waals surface area (Å²) < 4.78 is 13.9. The first-order valence-electron chi connectivity index (χ1n) is 6.11. The summed E-state index contributed by atoms with van der Waals surface area (Å²) >= 11 is 9.44. The minimum Gasteiger partial charge on any atom is -0.382 e. The molecule has 0 atom stereocenters. The molecule has 0 saturated carbocycles. The molecule has 0 aliphatic rings. The summed E-state index contributed by atoms with van der Waals surface area (Å²) in [5, 5.41) is 7.61. The SMILES string of the molecule is Nc1n[nH]c(-c2ccc(Cl)cc2Br)c1-c1ccc(F)cc1. The number of hydrogen-bond donors (Lipinski definition) is 2. The Morgan fingerprint density at radius 2 is 1.86 bits per heavy atom. The van der Waals surface area contributed by atoms with Crippen LogP contribution in [0.25, 0.3) is 22.4 Å². The molecular formula is C15H10BrClFN3. The number of nitrogens with two attached hydrogens (primary N) is 1. The summed E-state index contributed by atoms with van der Waals surface area (Å²) in [5.74, 6) is 0.0634. The first-order chi connectivity index (χ1) is 10.1. The molecule has 3 nitrogen and oxygen atoms in total. The van der Waals surface area contributed by atoms with Crippen molar-refractivity contribution >= 4 is 33.3 Å². The molecule has 0 unspecified atom stereocenters. The summed E-state index contributed by atoms with van der Waals surface area (Å²) in [4.78, 5) is 0. The van der Waals surface area contributed by atoms with E-state index in [2.05, 4.69) is 26.1 Å². The van der Waals surface area contributed by atoms with Crippen molar-refractivity contribution in [2.45, 2.75) is 0 Å². The van der Waals surface area contributed by atoms with Gasteiger partial charge in [-0.15, -0.1) is 0 Å². The van der Waals surface area contributed by atoms with Crippen LogP contribution in [0.1, 0.15) is 0 Å². The highest BCUT2D eigenvalue weighted by molar-refractivity contribution is 9.10. The van der Waals surface area contributed by atoms with Crippen LogP contribution < -0.4 is 5.73 Å². The van der Waals surface area contributed by atoms with Crippen LogP contribution in [0.2, 0.25) is 5.02 Å². The van der Waals surface area contributed by atoms with Gasteiger partial charge in [0.15, 0.2) is 5.82 Å². The van der Waals surface area contributed by atoms with Gasteiger partial charge in [-0.2, -0.15) is 5.10 Å². The van der Waals surface area contributed by atoms with Crippen LogP contribution in [0.5, 0.6) is 0 Å². The molecule has 3 N–H and O–H groups in total. The predicted octanol–water partition coefficient (Wildman–Crippen LogP) is 4.88. The number of anilines is 1. The molecule has 0 aliphatic carbocycles. The number of H-pyrrole nitrogens is 1. The largest absolute Gasteiger partial charge is 0.382 e.